The van der Waals surface area contributed by atoms with Gasteiger partial charge >= 0.3 is 5.97 Å². The van der Waals surface area contributed by atoms with Crippen LogP contribution in [0.4, 0.5) is 0 Å². The lowest BCUT2D eigenvalue weighted by molar-refractivity contribution is 0.0694. The summed E-state index contributed by atoms with van der Waals surface area (Å²) < 4.78 is 11.4. The highest BCUT2D eigenvalue weighted by Crippen LogP contribution is 2.34. The van der Waals surface area contributed by atoms with Gasteiger partial charge < -0.3 is 14.6 Å². The van der Waals surface area contributed by atoms with Crippen LogP contribution in [0.15, 0.2) is 40.9 Å². The minimum Gasteiger partial charge on any atom is -0.497 e. The van der Waals surface area contributed by atoms with Crippen LogP contribution in [-0.4, -0.2) is 18.2 Å². The minimum atomic E-state index is -1.10. The second-order valence-electron chi connectivity index (χ2n) is 3.84. The number of carbonyl (C=O) groups is 1. The number of benzene rings is 2. The fourth-order valence-electron chi connectivity index (χ4n) is 1.57. The second-order valence-corrected chi connectivity index (χ2v) is 5.13. The molecule has 0 aromatic heterocycles. The molecule has 0 aliphatic carbocycles. The molecule has 20 heavy (non-hydrogen) atoms. The molecule has 0 unspecified atom stereocenters. The highest BCUT2D eigenvalue weighted by atomic mass is 79.9. The molecule has 0 bridgehead atoms. The Bertz CT molecular complexity index is 658. The lowest BCUT2D eigenvalue weighted by atomic mass is 10.2. The quantitative estimate of drug-likeness (QED) is 0.868. The van der Waals surface area contributed by atoms with Gasteiger partial charge in [-0.15, -0.1) is 0 Å². The summed E-state index contributed by atoms with van der Waals surface area (Å²) in [5.41, 5.74) is 0.000202. The monoisotopic (exact) mass is 356 g/mol. The maximum absolute atomic E-state index is 11.2. The van der Waals surface area contributed by atoms with E-state index in [1.54, 1.807) is 31.4 Å². The van der Waals surface area contributed by atoms with Crippen molar-refractivity contribution in [2.45, 2.75) is 0 Å². The molecule has 2 rings (SSSR count). The number of ether oxygens (including phenoxy) is 2. The molecular weight excluding hydrogens is 348 g/mol. The van der Waals surface area contributed by atoms with Crippen molar-refractivity contribution in [3.63, 3.8) is 0 Å². The van der Waals surface area contributed by atoms with Gasteiger partial charge in [0.2, 0.25) is 0 Å². The number of carboxylic acid groups (broad SMARTS) is 1. The van der Waals surface area contributed by atoms with Gasteiger partial charge in [-0.25, -0.2) is 4.79 Å². The van der Waals surface area contributed by atoms with E-state index in [9.17, 15) is 4.79 Å². The summed E-state index contributed by atoms with van der Waals surface area (Å²) in [7, 11) is 1.56. The van der Waals surface area contributed by atoms with Crippen LogP contribution in [0.5, 0.6) is 17.2 Å². The smallest absolute Gasteiger partial charge is 0.339 e. The summed E-state index contributed by atoms with van der Waals surface area (Å²) in [6.45, 7) is 0. The third kappa shape index (κ3) is 3.23. The first-order valence-electron chi connectivity index (χ1n) is 5.55. The van der Waals surface area contributed by atoms with E-state index < -0.39 is 5.97 Å². The van der Waals surface area contributed by atoms with Crippen molar-refractivity contribution < 1.29 is 19.4 Å². The molecule has 6 heteroatoms. The molecule has 0 aliphatic rings. The Balaban J connectivity index is 2.37. The van der Waals surface area contributed by atoms with Crippen molar-refractivity contribution in [2.24, 2.45) is 0 Å². The number of rotatable bonds is 4. The highest BCUT2D eigenvalue weighted by molar-refractivity contribution is 9.10. The molecule has 4 nitrogen and oxygen atoms in total. The van der Waals surface area contributed by atoms with Gasteiger partial charge in [-0.2, -0.15) is 0 Å². The van der Waals surface area contributed by atoms with Gasteiger partial charge in [-0.1, -0.05) is 11.6 Å². The van der Waals surface area contributed by atoms with Crippen LogP contribution in [0.2, 0.25) is 5.02 Å². The van der Waals surface area contributed by atoms with Crippen LogP contribution in [0, 0.1) is 0 Å². The molecule has 0 radical (unpaired) electrons. The number of aromatic carboxylic acids is 1. The van der Waals surface area contributed by atoms with Crippen molar-refractivity contribution in [1.29, 1.82) is 0 Å². The van der Waals surface area contributed by atoms with Gasteiger partial charge in [0.1, 0.15) is 22.8 Å². The van der Waals surface area contributed by atoms with E-state index in [1.807, 2.05) is 0 Å². The predicted octanol–water partition coefficient (Wildman–Crippen LogP) is 4.60. The lowest BCUT2D eigenvalue weighted by Gasteiger charge is -2.11. The molecule has 104 valence electrons. The Hall–Kier alpha value is -1.72. The average Bonchev–Trinajstić information content (AvgIpc) is 2.42. The Morgan fingerprint density at radius 1 is 1.20 bits per heavy atom. The van der Waals surface area contributed by atoms with Crippen molar-refractivity contribution in [1.82, 2.24) is 0 Å². The van der Waals surface area contributed by atoms with Crippen LogP contribution in [0.25, 0.3) is 0 Å². The summed E-state index contributed by atoms with van der Waals surface area (Å²) in [4.78, 5) is 11.2. The lowest BCUT2D eigenvalue weighted by Crippen LogP contribution is -2.00. The summed E-state index contributed by atoms with van der Waals surface area (Å²) in [6, 6.07) is 9.56. The maximum Gasteiger partial charge on any atom is 0.339 e. The SMILES string of the molecule is COc1ccc(Oc2ccc(Cl)cc2C(=O)O)c(Br)c1. The Labute approximate surface area is 129 Å². The van der Waals surface area contributed by atoms with Gasteiger partial charge in [0.25, 0.3) is 0 Å². The van der Waals surface area contributed by atoms with E-state index in [2.05, 4.69) is 15.9 Å². The van der Waals surface area contributed by atoms with Gasteiger partial charge in [-0.05, 0) is 52.3 Å². The fraction of sp³-hybridized carbons (Fsp3) is 0.0714. The molecule has 2 aromatic carbocycles. The molecular formula is C14H10BrClO4. The normalized spacial score (nSPS) is 10.2. The summed E-state index contributed by atoms with van der Waals surface area (Å²) in [5, 5.41) is 9.49. The molecule has 0 atom stereocenters. The molecule has 0 saturated heterocycles. The molecule has 1 N–H and O–H groups in total. The number of methoxy groups -OCH3 is 1. The van der Waals surface area contributed by atoms with Crippen LogP contribution in [0.1, 0.15) is 10.4 Å². The molecule has 0 fully saturated rings. The van der Waals surface area contributed by atoms with Gasteiger partial charge in [0.05, 0.1) is 11.6 Å². The van der Waals surface area contributed by atoms with Crippen LogP contribution >= 0.6 is 27.5 Å². The van der Waals surface area contributed by atoms with Crippen molar-refractivity contribution >= 4 is 33.5 Å². The second kappa shape index (κ2) is 6.15. The summed E-state index contributed by atoms with van der Waals surface area (Å²) >= 11 is 9.13. The Morgan fingerprint density at radius 3 is 2.50 bits per heavy atom. The molecule has 0 spiro atoms. The Morgan fingerprint density at radius 2 is 1.90 bits per heavy atom. The first-order chi connectivity index (χ1) is 9.51. The van der Waals surface area contributed by atoms with Crippen molar-refractivity contribution in [2.75, 3.05) is 7.11 Å². The first kappa shape index (κ1) is 14.7. The molecule has 2 aromatic rings. The van der Waals surface area contributed by atoms with Crippen LogP contribution < -0.4 is 9.47 Å². The molecule has 0 heterocycles. The van der Waals surface area contributed by atoms with Crippen LogP contribution in [-0.2, 0) is 0 Å². The number of hydrogen-bond donors (Lipinski definition) is 1. The van der Waals surface area contributed by atoms with E-state index >= 15 is 0 Å². The molecule has 0 saturated carbocycles. The zero-order valence-corrected chi connectivity index (χ0v) is 12.7. The molecule has 0 amide bonds. The van der Waals surface area contributed by atoms with Crippen LogP contribution in [0.3, 0.4) is 0 Å². The van der Waals surface area contributed by atoms with Gasteiger partial charge in [0, 0.05) is 5.02 Å². The minimum absolute atomic E-state index is 0.000202. The Kier molecular flexibility index (Phi) is 4.52. The largest absolute Gasteiger partial charge is 0.497 e. The zero-order valence-electron chi connectivity index (χ0n) is 10.4. The van der Waals surface area contributed by atoms with Crippen molar-refractivity contribution in [3.05, 3.63) is 51.5 Å². The number of hydrogen-bond acceptors (Lipinski definition) is 3. The third-order valence-corrected chi connectivity index (χ3v) is 3.39. The average molecular weight is 358 g/mol. The van der Waals surface area contributed by atoms with E-state index in [0.29, 0.717) is 21.0 Å². The zero-order chi connectivity index (χ0) is 14.7. The highest BCUT2D eigenvalue weighted by Gasteiger charge is 2.14. The van der Waals surface area contributed by atoms with E-state index in [1.165, 1.54) is 12.1 Å². The maximum atomic E-state index is 11.2. The topological polar surface area (TPSA) is 55.8 Å². The van der Waals surface area contributed by atoms with E-state index in [-0.39, 0.29) is 11.3 Å². The van der Waals surface area contributed by atoms with E-state index in [4.69, 9.17) is 26.2 Å². The first-order valence-corrected chi connectivity index (χ1v) is 6.72. The standard InChI is InChI=1S/C14H10BrClO4/c1-19-9-3-5-13(11(15)7-9)20-12-4-2-8(16)6-10(12)14(17)18/h2-7H,1H3,(H,17,18). The summed E-state index contributed by atoms with van der Waals surface area (Å²) in [5.74, 6) is 0.259. The fourth-order valence-corrected chi connectivity index (χ4v) is 2.18. The van der Waals surface area contributed by atoms with Gasteiger partial charge in [0.15, 0.2) is 0 Å². The third-order valence-electron chi connectivity index (χ3n) is 2.53. The molecule has 0 aliphatic heterocycles. The van der Waals surface area contributed by atoms with Crippen molar-refractivity contribution in [3.8, 4) is 17.2 Å². The number of carboxylic acids is 1. The summed E-state index contributed by atoms with van der Waals surface area (Å²) in [6.07, 6.45) is 0. The van der Waals surface area contributed by atoms with E-state index in [0.717, 1.165) is 0 Å². The number of halogens is 2. The van der Waals surface area contributed by atoms with Gasteiger partial charge in [-0.3, -0.25) is 0 Å². The predicted molar refractivity (Wildman–Crippen MR) is 79.2 cm³/mol.